The molecule has 3 atom stereocenters. The first-order valence-corrected chi connectivity index (χ1v) is 13.3. The van der Waals surface area contributed by atoms with Crippen LogP contribution in [0.4, 0.5) is 0 Å². The van der Waals surface area contributed by atoms with Crippen molar-refractivity contribution in [3.05, 3.63) is 42.0 Å². The van der Waals surface area contributed by atoms with Gasteiger partial charge >= 0.3 is 5.97 Å². The summed E-state index contributed by atoms with van der Waals surface area (Å²) in [6, 6.07) is 7.80. The number of hydrogen-bond acceptors (Lipinski definition) is 5. The maximum absolute atomic E-state index is 12.6. The molecular formula is C23H36O5Si. The molecule has 1 aromatic carbocycles. The van der Waals surface area contributed by atoms with E-state index in [9.17, 15) is 4.79 Å². The molecule has 0 saturated heterocycles. The molecule has 5 nitrogen and oxygen atoms in total. The molecule has 0 N–H and O–H groups in total. The molecule has 0 bridgehead atoms. The molecular weight excluding hydrogens is 384 g/mol. The average Bonchev–Trinajstić information content (AvgIpc) is 2.66. The Bertz CT molecular complexity index is 690. The molecule has 0 saturated carbocycles. The molecule has 29 heavy (non-hydrogen) atoms. The zero-order valence-corrected chi connectivity index (χ0v) is 19.9. The maximum atomic E-state index is 12.6. The quantitative estimate of drug-likeness (QED) is 0.332. The lowest BCUT2D eigenvalue weighted by Gasteiger charge is -2.43. The van der Waals surface area contributed by atoms with Gasteiger partial charge in [-0.15, -0.1) is 0 Å². The Morgan fingerprint density at radius 1 is 1.17 bits per heavy atom. The van der Waals surface area contributed by atoms with E-state index in [-0.39, 0.29) is 29.1 Å². The number of hydrogen-bond donors (Lipinski definition) is 0. The van der Waals surface area contributed by atoms with Crippen LogP contribution in [0, 0.1) is 5.92 Å². The lowest BCUT2D eigenvalue weighted by Crippen LogP contribution is -2.52. The normalized spacial score (nSPS) is 22.4. The summed E-state index contributed by atoms with van der Waals surface area (Å²) in [6.45, 7) is 13.6. The van der Waals surface area contributed by atoms with Gasteiger partial charge in [-0.1, -0.05) is 45.1 Å². The first-order valence-electron chi connectivity index (χ1n) is 10.3. The summed E-state index contributed by atoms with van der Waals surface area (Å²) in [7, 11) is -0.454. The van der Waals surface area contributed by atoms with Crippen molar-refractivity contribution in [1.82, 2.24) is 0 Å². The second-order valence-electron chi connectivity index (χ2n) is 8.99. The van der Waals surface area contributed by atoms with Crippen LogP contribution < -0.4 is 4.74 Å². The summed E-state index contributed by atoms with van der Waals surface area (Å²) >= 11 is 0. The predicted octanol–water partition coefficient (Wildman–Crippen LogP) is 5.11. The Labute approximate surface area is 176 Å². The molecule has 2 rings (SSSR count). The van der Waals surface area contributed by atoms with Crippen molar-refractivity contribution >= 4 is 14.3 Å². The minimum absolute atomic E-state index is 0.0356. The van der Waals surface area contributed by atoms with Crippen LogP contribution in [0.3, 0.4) is 0 Å². The summed E-state index contributed by atoms with van der Waals surface area (Å²) < 4.78 is 23.5. The number of benzene rings is 1. The number of methoxy groups -OCH3 is 1. The summed E-state index contributed by atoms with van der Waals surface area (Å²) in [6.07, 6.45) is 4.00. The van der Waals surface area contributed by atoms with Gasteiger partial charge in [-0.05, 0) is 49.2 Å². The van der Waals surface area contributed by atoms with Crippen molar-refractivity contribution in [3.8, 4) is 5.75 Å². The summed E-state index contributed by atoms with van der Waals surface area (Å²) in [5.41, 5.74) is 1.04. The van der Waals surface area contributed by atoms with Crippen LogP contribution in [0.25, 0.3) is 0 Å². The van der Waals surface area contributed by atoms with Gasteiger partial charge in [0, 0.05) is 0 Å². The molecule has 0 radical (unpaired) electrons. The molecule has 1 aliphatic carbocycles. The third-order valence-electron chi connectivity index (χ3n) is 5.86. The van der Waals surface area contributed by atoms with Crippen LogP contribution in [0.15, 0.2) is 36.4 Å². The smallest absolute Gasteiger partial charge is 0.311 e. The minimum atomic E-state index is -2.10. The van der Waals surface area contributed by atoms with Crippen molar-refractivity contribution in [2.75, 3.05) is 13.7 Å². The number of esters is 1. The predicted molar refractivity (Wildman–Crippen MR) is 118 cm³/mol. The molecule has 0 spiro atoms. The van der Waals surface area contributed by atoms with Crippen LogP contribution in [0.5, 0.6) is 5.75 Å². The third-order valence-corrected chi connectivity index (χ3v) is 10.3. The van der Waals surface area contributed by atoms with Crippen LogP contribution in [-0.2, 0) is 25.3 Å². The number of carbonyl (C=O) groups excluding carboxylic acids is 1. The van der Waals surface area contributed by atoms with Crippen LogP contribution in [0.1, 0.15) is 39.7 Å². The SMILES string of the molecule is CCOC(=O)[C@H]1CC=C[C@@H](OCc2ccc(OC)cc2)[C@@H]1O[Si](C)(C)C(C)(C)C. The Hall–Kier alpha value is -1.63. The van der Waals surface area contributed by atoms with E-state index >= 15 is 0 Å². The fourth-order valence-corrected chi connectivity index (χ4v) is 4.37. The second kappa shape index (κ2) is 9.91. The lowest BCUT2D eigenvalue weighted by molar-refractivity contribution is -0.155. The largest absolute Gasteiger partial charge is 0.497 e. The van der Waals surface area contributed by atoms with Crippen LogP contribution in [0.2, 0.25) is 18.1 Å². The lowest BCUT2D eigenvalue weighted by atomic mass is 9.89. The van der Waals surface area contributed by atoms with Crippen molar-refractivity contribution < 1.29 is 23.4 Å². The summed E-state index contributed by atoms with van der Waals surface area (Å²) in [5.74, 6) is 0.251. The van der Waals surface area contributed by atoms with Crippen LogP contribution >= 0.6 is 0 Å². The highest BCUT2D eigenvalue weighted by Crippen LogP contribution is 2.40. The topological polar surface area (TPSA) is 54.0 Å². The summed E-state index contributed by atoms with van der Waals surface area (Å²) in [4.78, 5) is 12.6. The van der Waals surface area contributed by atoms with E-state index in [1.54, 1.807) is 7.11 Å². The number of allylic oxidation sites excluding steroid dienone is 1. The highest BCUT2D eigenvalue weighted by atomic mass is 28.4. The van der Waals surface area contributed by atoms with Crippen molar-refractivity contribution in [2.45, 2.75) is 71.1 Å². The first kappa shape index (κ1) is 23.6. The summed E-state index contributed by atoms with van der Waals surface area (Å²) in [5, 5.41) is 0.0356. The van der Waals surface area contributed by atoms with Crippen molar-refractivity contribution in [3.63, 3.8) is 0 Å². The Balaban J connectivity index is 2.20. The van der Waals surface area contributed by atoms with Gasteiger partial charge < -0.3 is 18.6 Å². The maximum Gasteiger partial charge on any atom is 0.311 e. The molecule has 0 amide bonds. The molecule has 1 aromatic rings. The number of rotatable bonds is 8. The zero-order chi connectivity index (χ0) is 21.7. The molecule has 0 heterocycles. The monoisotopic (exact) mass is 420 g/mol. The standard InChI is InChI=1S/C23H36O5Si/c1-8-26-22(24)19-10-9-11-20(21(19)28-29(6,7)23(2,3)4)27-16-17-12-14-18(25-5)15-13-17/h9,11-15,19-21H,8,10,16H2,1-7H3/t19-,20+,21+/m0/s1. The highest BCUT2D eigenvalue weighted by Gasteiger charge is 2.45. The van der Waals surface area contributed by atoms with Gasteiger partial charge in [-0.3, -0.25) is 4.79 Å². The fraction of sp³-hybridized carbons (Fsp3) is 0.609. The molecule has 0 aliphatic heterocycles. The van der Waals surface area contributed by atoms with E-state index in [1.165, 1.54) is 0 Å². The molecule has 0 fully saturated rings. The van der Waals surface area contributed by atoms with E-state index in [4.69, 9.17) is 18.6 Å². The Kier molecular flexibility index (Phi) is 8.08. The van der Waals surface area contributed by atoms with E-state index in [2.05, 4.69) is 33.9 Å². The van der Waals surface area contributed by atoms with Gasteiger partial charge in [0.15, 0.2) is 8.32 Å². The minimum Gasteiger partial charge on any atom is -0.497 e. The molecule has 0 unspecified atom stereocenters. The molecule has 1 aliphatic rings. The van der Waals surface area contributed by atoms with Gasteiger partial charge in [0.1, 0.15) is 11.9 Å². The van der Waals surface area contributed by atoms with Crippen molar-refractivity contribution in [2.24, 2.45) is 5.92 Å². The molecule has 0 aromatic heterocycles. The Morgan fingerprint density at radius 3 is 2.38 bits per heavy atom. The van der Waals surface area contributed by atoms with Gasteiger partial charge in [0.2, 0.25) is 0 Å². The number of carbonyl (C=O) groups is 1. The van der Waals surface area contributed by atoms with E-state index in [0.29, 0.717) is 19.6 Å². The first-order chi connectivity index (χ1) is 13.6. The fourth-order valence-electron chi connectivity index (χ4n) is 3.04. The molecule has 162 valence electrons. The van der Waals surface area contributed by atoms with E-state index in [1.807, 2.05) is 43.3 Å². The van der Waals surface area contributed by atoms with Crippen LogP contribution in [-0.4, -0.2) is 40.2 Å². The van der Waals surface area contributed by atoms with Gasteiger partial charge in [-0.2, -0.15) is 0 Å². The van der Waals surface area contributed by atoms with E-state index in [0.717, 1.165) is 11.3 Å². The van der Waals surface area contributed by atoms with Gasteiger partial charge in [-0.25, -0.2) is 0 Å². The zero-order valence-electron chi connectivity index (χ0n) is 18.9. The average molecular weight is 421 g/mol. The molecule has 6 heteroatoms. The third kappa shape index (κ3) is 6.17. The van der Waals surface area contributed by atoms with E-state index < -0.39 is 8.32 Å². The highest BCUT2D eigenvalue weighted by molar-refractivity contribution is 6.74. The van der Waals surface area contributed by atoms with Crippen molar-refractivity contribution in [1.29, 1.82) is 0 Å². The Morgan fingerprint density at radius 2 is 1.83 bits per heavy atom. The number of ether oxygens (including phenoxy) is 3. The second-order valence-corrected chi connectivity index (χ2v) is 13.7. The van der Waals surface area contributed by atoms with Gasteiger partial charge in [0.05, 0.1) is 32.3 Å². The van der Waals surface area contributed by atoms with Gasteiger partial charge in [0.25, 0.3) is 0 Å².